The molecule has 0 aliphatic carbocycles. The van der Waals surface area contributed by atoms with E-state index in [1.165, 1.54) is 50.3 Å². The van der Waals surface area contributed by atoms with Crippen LogP contribution >= 0.6 is 15.9 Å². The Kier molecular flexibility index (Phi) is 6.98. The molecule has 1 saturated heterocycles. The molecular weight excluding hydrogens is 264 g/mol. The van der Waals surface area contributed by atoms with Crippen molar-refractivity contribution in [1.82, 2.24) is 0 Å². The monoisotopic (exact) mass is 290 g/mol. The van der Waals surface area contributed by atoms with Gasteiger partial charge in [-0.3, -0.25) is 0 Å². The molecule has 1 nitrogen and oxygen atoms in total. The van der Waals surface area contributed by atoms with Crippen LogP contribution in [0.2, 0.25) is 0 Å². The van der Waals surface area contributed by atoms with Crippen LogP contribution in [0.1, 0.15) is 58.8 Å². The molecular formula is C14H27BrO. The summed E-state index contributed by atoms with van der Waals surface area (Å²) in [6, 6.07) is 0. The van der Waals surface area contributed by atoms with E-state index in [4.69, 9.17) is 4.74 Å². The third kappa shape index (κ3) is 4.37. The summed E-state index contributed by atoms with van der Waals surface area (Å²) in [6.07, 6.45) is 9.36. The van der Waals surface area contributed by atoms with Crippen LogP contribution in [0.15, 0.2) is 0 Å². The van der Waals surface area contributed by atoms with Crippen molar-refractivity contribution in [3.63, 3.8) is 0 Å². The van der Waals surface area contributed by atoms with Gasteiger partial charge < -0.3 is 4.74 Å². The fourth-order valence-corrected chi connectivity index (χ4v) is 3.66. The van der Waals surface area contributed by atoms with E-state index in [1.54, 1.807) is 0 Å². The third-order valence-electron chi connectivity index (χ3n) is 4.16. The molecule has 0 spiro atoms. The first kappa shape index (κ1) is 14.5. The van der Waals surface area contributed by atoms with E-state index in [0.29, 0.717) is 5.41 Å². The van der Waals surface area contributed by atoms with Crippen molar-refractivity contribution < 1.29 is 4.74 Å². The minimum Gasteiger partial charge on any atom is -0.381 e. The molecule has 2 heteroatoms. The van der Waals surface area contributed by atoms with Gasteiger partial charge in [-0.25, -0.2) is 0 Å². The SMILES string of the molecule is CCCCC(CC)(CBr)CC1CCOCC1. The number of alkyl halides is 1. The zero-order valence-electron chi connectivity index (χ0n) is 10.9. The lowest BCUT2D eigenvalue weighted by atomic mass is 9.73. The normalized spacial score (nSPS) is 21.9. The molecule has 1 fully saturated rings. The average molecular weight is 291 g/mol. The molecule has 0 N–H and O–H groups in total. The minimum atomic E-state index is 0.554. The lowest BCUT2D eigenvalue weighted by Gasteiger charge is -2.36. The molecule has 0 aromatic rings. The van der Waals surface area contributed by atoms with Gasteiger partial charge in [0, 0.05) is 18.5 Å². The number of unbranched alkanes of at least 4 members (excludes halogenated alkanes) is 1. The Morgan fingerprint density at radius 1 is 1.25 bits per heavy atom. The van der Waals surface area contributed by atoms with Crippen LogP contribution < -0.4 is 0 Å². The van der Waals surface area contributed by atoms with Gasteiger partial charge in [0.1, 0.15) is 0 Å². The number of hydrogen-bond donors (Lipinski definition) is 0. The second kappa shape index (κ2) is 7.71. The second-order valence-corrected chi connectivity index (χ2v) is 5.91. The van der Waals surface area contributed by atoms with Gasteiger partial charge in [-0.1, -0.05) is 42.6 Å². The van der Waals surface area contributed by atoms with E-state index in [1.807, 2.05) is 0 Å². The van der Waals surface area contributed by atoms with Crippen LogP contribution in [-0.2, 0) is 4.74 Å². The van der Waals surface area contributed by atoms with Crippen LogP contribution in [0.25, 0.3) is 0 Å². The Hall–Kier alpha value is 0.440. The van der Waals surface area contributed by atoms with Gasteiger partial charge in [0.2, 0.25) is 0 Å². The smallest absolute Gasteiger partial charge is 0.0468 e. The standard InChI is InChI=1S/C14H27BrO/c1-3-5-8-14(4-2,12-15)11-13-6-9-16-10-7-13/h13H,3-12H2,1-2H3. The predicted octanol–water partition coefficient (Wildman–Crippen LogP) is 4.78. The first-order valence-electron chi connectivity index (χ1n) is 6.90. The molecule has 1 unspecified atom stereocenters. The average Bonchev–Trinajstić information content (AvgIpc) is 2.36. The molecule has 1 rings (SSSR count). The molecule has 1 aliphatic rings. The van der Waals surface area contributed by atoms with Crippen molar-refractivity contribution in [2.75, 3.05) is 18.5 Å². The molecule has 0 bridgehead atoms. The summed E-state index contributed by atoms with van der Waals surface area (Å²) < 4.78 is 5.45. The first-order chi connectivity index (χ1) is 7.76. The summed E-state index contributed by atoms with van der Waals surface area (Å²) >= 11 is 3.76. The maximum Gasteiger partial charge on any atom is 0.0468 e. The van der Waals surface area contributed by atoms with Gasteiger partial charge in [-0.15, -0.1) is 0 Å². The molecule has 1 atom stereocenters. The zero-order chi connectivity index (χ0) is 11.9. The molecule has 1 heterocycles. The molecule has 0 amide bonds. The number of ether oxygens (including phenoxy) is 1. The largest absolute Gasteiger partial charge is 0.381 e. The van der Waals surface area contributed by atoms with E-state index < -0.39 is 0 Å². The van der Waals surface area contributed by atoms with E-state index in [2.05, 4.69) is 29.8 Å². The first-order valence-corrected chi connectivity index (χ1v) is 8.02. The van der Waals surface area contributed by atoms with Crippen LogP contribution in [-0.4, -0.2) is 18.5 Å². The van der Waals surface area contributed by atoms with Gasteiger partial charge >= 0.3 is 0 Å². The van der Waals surface area contributed by atoms with Crippen molar-refractivity contribution in [3.8, 4) is 0 Å². The van der Waals surface area contributed by atoms with Crippen molar-refractivity contribution in [2.45, 2.75) is 58.8 Å². The van der Waals surface area contributed by atoms with Gasteiger partial charge in [-0.05, 0) is 43.4 Å². The highest BCUT2D eigenvalue weighted by Gasteiger charge is 2.30. The van der Waals surface area contributed by atoms with Crippen molar-refractivity contribution in [2.24, 2.45) is 11.3 Å². The van der Waals surface area contributed by atoms with Gasteiger partial charge in [-0.2, -0.15) is 0 Å². The van der Waals surface area contributed by atoms with E-state index in [9.17, 15) is 0 Å². The van der Waals surface area contributed by atoms with Crippen LogP contribution in [0, 0.1) is 11.3 Å². The summed E-state index contributed by atoms with van der Waals surface area (Å²) in [4.78, 5) is 0. The lowest BCUT2D eigenvalue weighted by Crippen LogP contribution is -2.28. The van der Waals surface area contributed by atoms with E-state index in [-0.39, 0.29) is 0 Å². The molecule has 0 radical (unpaired) electrons. The van der Waals surface area contributed by atoms with Crippen LogP contribution in [0.4, 0.5) is 0 Å². The number of hydrogen-bond acceptors (Lipinski definition) is 1. The second-order valence-electron chi connectivity index (χ2n) is 5.35. The summed E-state index contributed by atoms with van der Waals surface area (Å²) in [5, 5.41) is 1.17. The molecule has 96 valence electrons. The Morgan fingerprint density at radius 3 is 2.44 bits per heavy atom. The molecule has 1 aliphatic heterocycles. The highest BCUT2D eigenvalue weighted by atomic mass is 79.9. The predicted molar refractivity (Wildman–Crippen MR) is 74.2 cm³/mol. The molecule has 16 heavy (non-hydrogen) atoms. The summed E-state index contributed by atoms with van der Waals surface area (Å²) in [7, 11) is 0. The topological polar surface area (TPSA) is 9.23 Å². The van der Waals surface area contributed by atoms with Gasteiger partial charge in [0.05, 0.1) is 0 Å². The fourth-order valence-electron chi connectivity index (χ4n) is 2.75. The minimum absolute atomic E-state index is 0.554. The Bertz CT molecular complexity index is 172. The van der Waals surface area contributed by atoms with Crippen molar-refractivity contribution in [3.05, 3.63) is 0 Å². The molecule has 0 aromatic heterocycles. The van der Waals surface area contributed by atoms with Crippen LogP contribution in [0.3, 0.4) is 0 Å². The third-order valence-corrected chi connectivity index (χ3v) is 5.35. The fraction of sp³-hybridized carbons (Fsp3) is 1.00. The highest BCUT2D eigenvalue weighted by Crippen LogP contribution is 2.40. The summed E-state index contributed by atoms with van der Waals surface area (Å²) in [6.45, 7) is 6.63. The van der Waals surface area contributed by atoms with Crippen LogP contribution in [0.5, 0.6) is 0 Å². The molecule has 0 aromatic carbocycles. The number of rotatable bonds is 7. The Balaban J connectivity index is 2.46. The maximum absolute atomic E-state index is 5.45. The van der Waals surface area contributed by atoms with E-state index >= 15 is 0 Å². The van der Waals surface area contributed by atoms with Crippen molar-refractivity contribution in [1.29, 1.82) is 0 Å². The maximum atomic E-state index is 5.45. The van der Waals surface area contributed by atoms with Gasteiger partial charge in [0.15, 0.2) is 0 Å². The van der Waals surface area contributed by atoms with Crippen molar-refractivity contribution >= 4 is 15.9 Å². The Morgan fingerprint density at radius 2 is 1.94 bits per heavy atom. The zero-order valence-corrected chi connectivity index (χ0v) is 12.5. The lowest BCUT2D eigenvalue weighted by molar-refractivity contribution is 0.0474. The molecule has 0 saturated carbocycles. The number of halogens is 1. The Labute approximate surface area is 109 Å². The summed E-state index contributed by atoms with van der Waals surface area (Å²) in [5.74, 6) is 0.906. The quantitative estimate of drug-likeness (QED) is 0.613. The van der Waals surface area contributed by atoms with E-state index in [0.717, 1.165) is 19.1 Å². The van der Waals surface area contributed by atoms with Gasteiger partial charge in [0.25, 0.3) is 0 Å². The summed E-state index contributed by atoms with van der Waals surface area (Å²) in [5.41, 5.74) is 0.554. The highest BCUT2D eigenvalue weighted by molar-refractivity contribution is 9.09.